The molecule has 0 atom stereocenters. The van der Waals surface area contributed by atoms with Gasteiger partial charge in [-0.25, -0.2) is 8.78 Å². The number of alkyl halides is 2. The van der Waals surface area contributed by atoms with Crippen molar-refractivity contribution >= 4 is 11.7 Å². The molecule has 2 aromatic heterocycles. The van der Waals surface area contributed by atoms with Gasteiger partial charge in [-0.05, 0) is 5.56 Å². The van der Waals surface area contributed by atoms with Gasteiger partial charge in [0.1, 0.15) is 6.54 Å². The van der Waals surface area contributed by atoms with E-state index in [2.05, 4.69) is 15.5 Å². The zero-order chi connectivity index (χ0) is 16.9. The molecule has 3 aromatic rings. The van der Waals surface area contributed by atoms with Crippen LogP contribution in [0.15, 0.2) is 55.0 Å². The first-order valence-corrected chi connectivity index (χ1v) is 7.29. The summed E-state index contributed by atoms with van der Waals surface area (Å²) in [6.45, 7) is 0.0437. The standard InChI is InChI=1S/C16H15F2N5O/c17-14(18)11-22-7-6-15(21-22)20-16(24)13-8-19-23(10-13)9-12-4-2-1-3-5-12/h1-8,10,14H,9,11H2,(H,20,21,24). The van der Waals surface area contributed by atoms with Crippen molar-refractivity contribution in [2.24, 2.45) is 0 Å². The molecule has 0 aliphatic carbocycles. The second kappa shape index (κ2) is 7.03. The van der Waals surface area contributed by atoms with Crippen LogP contribution in [0.25, 0.3) is 0 Å². The van der Waals surface area contributed by atoms with Crippen LogP contribution >= 0.6 is 0 Å². The van der Waals surface area contributed by atoms with Gasteiger partial charge in [0.05, 0.1) is 18.3 Å². The monoisotopic (exact) mass is 331 g/mol. The van der Waals surface area contributed by atoms with Crippen LogP contribution in [0.3, 0.4) is 0 Å². The summed E-state index contributed by atoms with van der Waals surface area (Å²) < 4.78 is 27.3. The number of rotatable bonds is 6. The van der Waals surface area contributed by atoms with Crippen LogP contribution in [-0.2, 0) is 13.1 Å². The lowest BCUT2D eigenvalue weighted by molar-refractivity contribution is 0.102. The smallest absolute Gasteiger partial charge is 0.260 e. The van der Waals surface area contributed by atoms with Gasteiger partial charge < -0.3 is 5.32 Å². The van der Waals surface area contributed by atoms with Crippen molar-refractivity contribution in [3.63, 3.8) is 0 Å². The summed E-state index contributed by atoms with van der Waals surface area (Å²) in [6.07, 6.45) is 1.97. The number of nitrogens with zero attached hydrogens (tertiary/aromatic N) is 4. The molecule has 1 aromatic carbocycles. The highest BCUT2D eigenvalue weighted by atomic mass is 19.3. The molecule has 0 spiro atoms. The minimum Gasteiger partial charge on any atom is -0.305 e. The third-order valence-corrected chi connectivity index (χ3v) is 3.29. The summed E-state index contributed by atoms with van der Waals surface area (Å²) in [5.41, 5.74) is 1.44. The molecule has 2 heterocycles. The maximum Gasteiger partial charge on any atom is 0.260 e. The molecular weight excluding hydrogens is 316 g/mol. The molecule has 1 amide bonds. The topological polar surface area (TPSA) is 64.7 Å². The van der Waals surface area contributed by atoms with E-state index in [1.807, 2.05) is 30.3 Å². The number of carbonyl (C=O) groups excluding carboxylic acids is 1. The minimum atomic E-state index is -2.50. The molecule has 0 fully saturated rings. The van der Waals surface area contributed by atoms with Gasteiger partial charge in [-0.3, -0.25) is 14.2 Å². The number of nitrogens with one attached hydrogen (secondary N) is 1. The van der Waals surface area contributed by atoms with Crippen LogP contribution in [0.1, 0.15) is 15.9 Å². The maximum absolute atomic E-state index is 12.3. The van der Waals surface area contributed by atoms with Gasteiger partial charge in [0, 0.05) is 18.5 Å². The summed E-state index contributed by atoms with van der Waals surface area (Å²) in [5.74, 6) is -0.173. The Morgan fingerprint density at radius 1 is 1.17 bits per heavy atom. The van der Waals surface area contributed by atoms with Gasteiger partial charge in [0.25, 0.3) is 12.3 Å². The van der Waals surface area contributed by atoms with Crippen LogP contribution < -0.4 is 5.32 Å². The molecule has 0 unspecified atom stereocenters. The van der Waals surface area contributed by atoms with Crippen LogP contribution in [0.5, 0.6) is 0 Å². The SMILES string of the molecule is O=C(Nc1ccn(CC(F)F)n1)c1cnn(Cc2ccccc2)c1. The molecule has 8 heteroatoms. The fourth-order valence-corrected chi connectivity index (χ4v) is 2.20. The number of aromatic nitrogens is 4. The number of hydrogen-bond acceptors (Lipinski definition) is 3. The van der Waals surface area contributed by atoms with Gasteiger partial charge in [-0.1, -0.05) is 30.3 Å². The van der Waals surface area contributed by atoms with E-state index in [1.54, 1.807) is 10.9 Å². The molecular formula is C16H15F2N5O. The van der Waals surface area contributed by atoms with E-state index in [0.717, 1.165) is 10.2 Å². The molecule has 24 heavy (non-hydrogen) atoms. The van der Waals surface area contributed by atoms with Crippen molar-refractivity contribution in [1.82, 2.24) is 19.6 Å². The predicted molar refractivity (Wildman–Crippen MR) is 84.0 cm³/mol. The minimum absolute atomic E-state index is 0.219. The highest BCUT2D eigenvalue weighted by molar-refractivity contribution is 6.03. The average Bonchev–Trinajstić information content (AvgIpc) is 3.17. The summed E-state index contributed by atoms with van der Waals surface area (Å²) in [5, 5.41) is 10.6. The van der Waals surface area contributed by atoms with Crippen molar-refractivity contribution < 1.29 is 13.6 Å². The van der Waals surface area contributed by atoms with E-state index < -0.39 is 18.9 Å². The van der Waals surface area contributed by atoms with Crippen molar-refractivity contribution in [2.45, 2.75) is 19.5 Å². The molecule has 0 saturated carbocycles. The third kappa shape index (κ3) is 4.03. The Labute approximate surface area is 136 Å². The molecule has 0 saturated heterocycles. The van der Waals surface area contributed by atoms with E-state index in [1.165, 1.54) is 18.5 Å². The van der Waals surface area contributed by atoms with Crippen molar-refractivity contribution in [1.29, 1.82) is 0 Å². The summed E-state index contributed by atoms with van der Waals surface area (Å²) >= 11 is 0. The van der Waals surface area contributed by atoms with Gasteiger partial charge in [-0.2, -0.15) is 10.2 Å². The van der Waals surface area contributed by atoms with Crippen molar-refractivity contribution in [2.75, 3.05) is 5.32 Å². The maximum atomic E-state index is 12.3. The lowest BCUT2D eigenvalue weighted by atomic mass is 10.2. The predicted octanol–water partition coefficient (Wildman–Crippen LogP) is 2.65. The number of benzene rings is 1. The Hall–Kier alpha value is -3.03. The highest BCUT2D eigenvalue weighted by Gasteiger charge is 2.12. The van der Waals surface area contributed by atoms with Gasteiger partial charge in [0.15, 0.2) is 5.82 Å². The first-order valence-electron chi connectivity index (χ1n) is 7.29. The van der Waals surface area contributed by atoms with Gasteiger partial charge in [-0.15, -0.1) is 0 Å². The molecule has 0 aliphatic heterocycles. The van der Waals surface area contributed by atoms with Crippen molar-refractivity contribution in [3.05, 3.63) is 66.1 Å². The first kappa shape index (κ1) is 15.9. The van der Waals surface area contributed by atoms with E-state index in [-0.39, 0.29) is 5.82 Å². The Kier molecular flexibility index (Phi) is 4.64. The summed E-state index contributed by atoms with van der Waals surface area (Å²) in [6, 6.07) is 11.2. The quantitative estimate of drug-likeness (QED) is 0.755. The van der Waals surface area contributed by atoms with E-state index in [0.29, 0.717) is 12.1 Å². The fraction of sp³-hybridized carbons (Fsp3) is 0.188. The van der Waals surface area contributed by atoms with Crippen LogP contribution in [0, 0.1) is 0 Å². The summed E-state index contributed by atoms with van der Waals surface area (Å²) in [7, 11) is 0. The molecule has 3 rings (SSSR count). The van der Waals surface area contributed by atoms with Crippen LogP contribution in [-0.4, -0.2) is 31.9 Å². The zero-order valence-electron chi connectivity index (χ0n) is 12.6. The van der Waals surface area contributed by atoms with Crippen LogP contribution in [0.4, 0.5) is 14.6 Å². The average molecular weight is 331 g/mol. The number of hydrogen-bond donors (Lipinski definition) is 1. The number of halogens is 2. The summed E-state index contributed by atoms with van der Waals surface area (Å²) in [4.78, 5) is 12.1. The molecule has 124 valence electrons. The number of anilines is 1. The number of carbonyl (C=O) groups is 1. The Morgan fingerprint density at radius 3 is 2.71 bits per heavy atom. The Morgan fingerprint density at radius 2 is 1.96 bits per heavy atom. The lowest BCUT2D eigenvalue weighted by Gasteiger charge is -2.01. The first-order chi connectivity index (χ1) is 11.6. The largest absolute Gasteiger partial charge is 0.305 e. The lowest BCUT2D eigenvalue weighted by Crippen LogP contribution is -2.13. The Bertz CT molecular complexity index is 813. The zero-order valence-corrected chi connectivity index (χ0v) is 12.6. The fourth-order valence-electron chi connectivity index (χ4n) is 2.20. The van der Waals surface area contributed by atoms with E-state index >= 15 is 0 Å². The molecule has 0 radical (unpaired) electrons. The third-order valence-electron chi connectivity index (χ3n) is 3.29. The van der Waals surface area contributed by atoms with Crippen LogP contribution in [0.2, 0.25) is 0 Å². The number of amides is 1. The van der Waals surface area contributed by atoms with Crippen molar-refractivity contribution in [3.8, 4) is 0 Å². The van der Waals surface area contributed by atoms with Gasteiger partial charge in [0.2, 0.25) is 0 Å². The van der Waals surface area contributed by atoms with E-state index in [4.69, 9.17) is 0 Å². The highest BCUT2D eigenvalue weighted by Crippen LogP contribution is 2.09. The van der Waals surface area contributed by atoms with Gasteiger partial charge >= 0.3 is 0 Å². The second-order valence-electron chi connectivity index (χ2n) is 5.18. The molecule has 6 nitrogen and oxygen atoms in total. The molecule has 0 bridgehead atoms. The normalized spacial score (nSPS) is 11.0. The molecule has 0 aliphatic rings. The Balaban J connectivity index is 1.62. The molecule has 1 N–H and O–H groups in total. The van der Waals surface area contributed by atoms with E-state index in [9.17, 15) is 13.6 Å². The second-order valence-corrected chi connectivity index (χ2v) is 5.18.